The fourth-order valence-corrected chi connectivity index (χ4v) is 5.15. The Morgan fingerprint density at radius 3 is 2.40 bits per heavy atom. The van der Waals surface area contributed by atoms with Gasteiger partial charge in [0, 0.05) is 29.7 Å². The van der Waals surface area contributed by atoms with Crippen LogP contribution in [0.25, 0.3) is 11.3 Å². The number of carbonyl (C=O) groups is 3. The molecule has 1 atom stereocenters. The topological polar surface area (TPSA) is 86.1 Å². The lowest BCUT2D eigenvalue weighted by molar-refractivity contribution is -0.124. The van der Waals surface area contributed by atoms with Crippen molar-refractivity contribution in [2.45, 2.75) is 52.0 Å². The van der Waals surface area contributed by atoms with Crippen LogP contribution in [0.1, 0.15) is 66.7 Å². The summed E-state index contributed by atoms with van der Waals surface area (Å²) in [6.45, 7) is 5.13. The van der Waals surface area contributed by atoms with E-state index in [4.69, 9.17) is 13.9 Å². The average Bonchev–Trinajstić information content (AvgIpc) is 3.56. The summed E-state index contributed by atoms with van der Waals surface area (Å²) in [4.78, 5) is 40.4. The van der Waals surface area contributed by atoms with Crippen LogP contribution in [-0.2, 0) is 14.3 Å². The zero-order valence-corrected chi connectivity index (χ0v) is 21.8. The molecule has 1 saturated carbocycles. The number of amides is 1. The van der Waals surface area contributed by atoms with Crippen LogP contribution in [0.5, 0.6) is 0 Å². The molecule has 0 bridgehead atoms. The van der Waals surface area contributed by atoms with Gasteiger partial charge in [0.15, 0.2) is 5.78 Å². The molecule has 2 aromatic rings. The van der Waals surface area contributed by atoms with E-state index in [-0.39, 0.29) is 47.0 Å². The molecular weight excluding hydrogens is 514 g/mol. The number of halogens is 1. The highest BCUT2D eigenvalue weighted by Gasteiger charge is 2.39. The van der Waals surface area contributed by atoms with Gasteiger partial charge in [0.25, 0.3) is 0 Å². The summed E-state index contributed by atoms with van der Waals surface area (Å²) < 4.78 is 17.2. The monoisotopic (exact) mass is 545 g/mol. The van der Waals surface area contributed by atoms with Crippen molar-refractivity contribution in [1.29, 1.82) is 0 Å². The number of esters is 1. The van der Waals surface area contributed by atoms with Crippen LogP contribution in [-0.4, -0.2) is 48.9 Å². The fourth-order valence-electron chi connectivity index (χ4n) is 4.83. The van der Waals surface area contributed by atoms with E-state index in [0.717, 1.165) is 25.7 Å². The highest BCUT2D eigenvalue weighted by molar-refractivity contribution is 9.09. The second-order valence-electron chi connectivity index (χ2n) is 9.37. The molecule has 2 heterocycles. The zero-order chi connectivity index (χ0) is 24.9. The van der Waals surface area contributed by atoms with E-state index >= 15 is 0 Å². The third kappa shape index (κ3) is 5.70. The van der Waals surface area contributed by atoms with Crippen LogP contribution in [0.4, 0.5) is 5.88 Å². The molecule has 2 fully saturated rings. The Morgan fingerprint density at radius 2 is 1.80 bits per heavy atom. The molecule has 1 saturated heterocycles. The molecule has 0 N–H and O–H groups in total. The molecule has 1 amide bonds. The fraction of sp³-hybridized carbons (Fsp3) is 0.519. The molecule has 0 spiro atoms. The van der Waals surface area contributed by atoms with Crippen molar-refractivity contribution in [3.63, 3.8) is 0 Å². The molecule has 7 nitrogen and oxygen atoms in total. The maximum atomic E-state index is 13.8. The van der Waals surface area contributed by atoms with E-state index < -0.39 is 5.97 Å². The summed E-state index contributed by atoms with van der Waals surface area (Å²) in [5.41, 5.74) is 1.51. The summed E-state index contributed by atoms with van der Waals surface area (Å²) >= 11 is 3.19. The third-order valence-electron chi connectivity index (χ3n) is 6.91. The van der Waals surface area contributed by atoms with Gasteiger partial charge in [-0.3, -0.25) is 14.5 Å². The van der Waals surface area contributed by atoms with Crippen LogP contribution in [0, 0.1) is 11.8 Å². The summed E-state index contributed by atoms with van der Waals surface area (Å²) in [5, 5.41) is 0.241. The van der Waals surface area contributed by atoms with Crippen LogP contribution in [0.3, 0.4) is 0 Å². The van der Waals surface area contributed by atoms with Gasteiger partial charge < -0.3 is 13.9 Å². The largest absolute Gasteiger partial charge is 0.462 e. The Balaban J connectivity index is 1.73. The number of carbonyl (C=O) groups excluding carboxylic acids is 3. The maximum Gasteiger partial charge on any atom is 0.343 e. The first-order valence-corrected chi connectivity index (χ1v) is 13.5. The Labute approximate surface area is 214 Å². The summed E-state index contributed by atoms with van der Waals surface area (Å²) in [6.07, 6.45) is 4.36. The van der Waals surface area contributed by atoms with E-state index in [0.29, 0.717) is 42.4 Å². The first kappa shape index (κ1) is 25.6. The molecule has 1 aromatic carbocycles. The highest BCUT2D eigenvalue weighted by atomic mass is 79.9. The molecule has 35 heavy (non-hydrogen) atoms. The van der Waals surface area contributed by atoms with Crippen LogP contribution < -0.4 is 4.90 Å². The Hall–Kier alpha value is -2.45. The molecule has 0 radical (unpaired) electrons. The molecule has 8 heteroatoms. The van der Waals surface area contributed by atoms with Crippen LogP contribution in [0.15, 0.2) is 34.7 Å². The number of ether oxygens (including phenoxy) is 2. The predicted octanol–water partition coefficient (Wildman–Crippen LogP) is 5.65. The number of anilines is 1. The SMILES string of the molecule is CCOC(=O)c1cc(-c2ccc(C(=O)CBr)cc2)oc1N(C(=O)[C@H]1CC[C@H](C)CC1)C1CCOC1. The minimum absolute atomic E-state index is 0.0166. The Morgan fingerprint density at radius 1 is 1.09 bits per heavy atom. The van der Waals surface area contributed by atoms with E-state index in [1.165, 1.54) is 0 Å². The van der Waals surface area contributed by atoms with Gasteiger partial charge in [-0.05, 0) is 44.9 Å². The minimum atomic E-state index is -0.530. The molecule has 1 aliphatic heterocycles. The van der Waals surface area contributed by atoms with Crippen molar-refractivity contribution in [2.24, 2.45) is 11.8 Å². The summed E-state index contributed by atoms with van der Waals surface area (Å²) in [6, 6.07) is 8.44. The zero-order valence-electron chi connectivity index (χ0n) is 20.3. The second-order valence-corrected chi connectivity index (χ2v) is 9.93. The number of hydrogen-bond acceptors (Lipinski definition) is 6. The number of Topliss-reactive ketones (excluding diaryl/α,β-unsaturated/α-hetero) is 1. The van der Waals surface area contributed by atoms with Gasteiger partial charge in [-0.1, -0.05) is 47.1 Å². The highest BCUT2D eigenvalue weighted by Crippen LogP contribution is 2.38. The van der Waals surface area contributed by atoms with Crippen molar-refractivity contribution in [2.75, 3.05) is 30.1 Å². The number of benzene rings is 1. The lowest BCUT2D eigenvalue weighted by Crippen LogP contribution is -2.45. The van der Waals surface area contributed by atoms with Crippen molar-refractivity contribution in [3.05, 3.63) is 41.5 Å². The third-order valence-corrected chi connectivity index (χ3v) is 7.42. The smallest absolute Gasteiger partial charge is 0.343 e. The van der Waals surface area contributed by atoms with Crippen LogP contribution >= 0.6 is 15.9 Å². The Bertz CT molecular complexity index is 1050. The first-order chi connectivity index (χ1) is 16.9. The predicted molar refractivity (Wildman–Crippen MR) is 136 cm³/mol. The summed E-state index contributed by atoms with van der Waals surface area (Å²) in [7, 11) is 0. The van der Waals surface area contributed by atoms with Gasteiger partial charge in [0.2, 0.25) is 11.8 Å². The first-order valence-electron chi connectivity index (χ1n) is 12.3. The molecule has 4 rings (SSSR count). The number of ketones is 1. The van der Waals surface area contributed by atoms with Crippen LogP contribution in [0.2, 0.25) is 0 Å². The van der Waals surface area contributed by atoms with Gasteiger partial charge in [-0.25, -0.2) is 4.79 Å². The van der Waals surface area contributed by atoms with E-state index in [9.17, 15) is 14.4 Å². The van der Waals surface area contributed by atoms with Crippen molar-refractivity contribution in [3.8, 4) is 11.3 Å². The second kappa shape index (κ2) is 11.5. The van der Waals surface area contributed by atoms with Crippen molar-refractivity contribution in [1.82, 2.24) is 0 Å². The van der Waals surface area contributed by atoms with Gasteiger partial charge >= 0.3 is 5.97 Å². The number of alkyl halides is 1. The minimum Gasteiger partial charge on any atom is -0.462 e. The van der Waals surface area contributed by atoms with Gasteiger partial charge in [0.05, 0.1) is 24.6 Å². The standard InChI is InChI=1S/C27H32BrNO6/c1-3-34-27(32)22-14-24(19-10-8-18(9-11-19)23(30)15-28)35-26(22)29(21-12-13-33-16-21)25(31)20-6-4-17(2)5-7-20/h8-11,14,17,20-21H,3-7,12-13,15-16H2,1-2H3/t17-,20-,21?. The average molecular weight is 546 g/mol. The summed E-state index contributed by atoms with van der Waals surface area (Å²) in [5.74, 6) is 0.600. The number of rotatable bonds is 8. The lowest BCUT2D eigenvalue weighted by atomic mass is 9.82. The molecule has 2 aliphatic rings. The van der Waals surface area contributed by atoms with E-state index in [1.807, 2.05) is 0 Å². The molecule has 1 aromatic heterocycles. The molecular formula is C27H32BrNO6. The maximum absolute atomic E-state index is 13.8. The lowest BCUT2D eigenvalue weighted by Gasteiger charge is -2.33. The van der Waals surface area contributed by atoms with E-state index in [1.54, 1.807) is 42.2 Å². The van der Waals surface area contributed by atoms with Gasteiger partial charge in [0.1, 0.15) is 11.3 Å². The normalized spacial score (nSPS) is 22.1. The molecule has 188 valence electrons. The number of hydrogen-bond donors (Lipinski definition) is 0. The Kier molecular flexibility index (Phi) is 8.44. The van der Waals surface area contributed by atoms with Gasteiger partial charge in [-0.15, -0.1) is 0 Å². The van der Waals surface area contributed by atoms with Crippen molar-refractivity contribution < 1.29 is 28.3 Å². The van der Waals surface area contributed by atoms with E-state index in [2.05, 4.69) is 22.9 Å². The van der Waals surface area contributed by atoms with Crippen molar-refractivity contribution >= 4 is 39.5 Å². The number of furan rings is 1. The van der Waals surface area contributed by atoms with Gasteiger partial charge in [-0.2, -0.15) is 0 Å². The quantitative estimate of drug-likeness (QED) is 0.242. The molecule has 1 unspecified atom stereocenters. The molecule has 1 aliphatic carbocycles. The number of nitrogens with zero attached hydrogens (tertiary/aromatic N) is 1.